The second kappa shape index (κ2) is 6.66. The number of nitrogens with one attached hydrogen (secondary N) is 1. The van der Waals surface area contributed by atoms with E-state index in [0.717, 1.165) is 31.6 Å². The molecule has 5 nitrogen and oxygen atoms in total. The summed E-state index contributed by atoms with van der Waals surface area (Å²) in [6, 6.07) is 7.56. The van der Waals surface area contributed by atoms with E-state index in [-0.39, 0.29) is 0 Å². The van der Waals surface area contributed by atoms with Crippen LogP contribution in [0.3, 0.4) is 0 Å². The molecule has 21 heavy (non-hydrogen) atoms. The highest BCUT2D eigenvalue weighted by Gasteiger charge is 2.19. The maximum Gasteiger partial charge on any atom is 0.235 e. The number of methoxy groups -OCH3 is 1. The van der Waals surface area contributed by atoms with E-state index in [9.17, 15) is 8.42 Å². The number of anilines is 2. The number of hydrogen-bond donors (Lipinski definition) is 1. The van der Waals surface area contributed by atoms with E-state index in [4.69, 9.17) is 4.74 Å². The van der Waals surface area contributed by atoms with Crippen LogP contribution in [0.15, 0.2) is 24.3 Å². The molecule has 6 heteroatoms. The molecule has 0 saturated carbocycles. The molecule has 0 bridgehead atoms. The molecule has 1 N–H and O–H groups in total. The highest BCUT2D eigenvalue weighted by atomic mass is 32.2. The second-order valence-corrected chi connectivity index (χ2v) is 7.90. The van der Waals surface area contributed by atoms with Gasteiger partial charge in [0, 0.05) is 31.6 Å². The van der Waals surface area contributed by atoms with Crippen LogP contribution in [0.25, 0.3) is 0 Å². The molecule has 0 spiro atoms. The fourth-order valence-electron chi connectivity index (χ4n) is 2.37. The monoisotopic (exact) mass is 312 g/mol. The minimum Gasteiger partial charge on any atom is -0.381 e. The zero-order chi connectivity index (χ0) is 15.5. The summed E-state index contributed by atoms with van der Waals surface area (Å²) < 4.78 is 31.6. The topological polar surface area (TPSA) is 58.6 Å². The van der Waals surface area contributed by atoms with Gasteiger partial charge in [-0.05, 0) is 51.0 Å². The zero-order valence-corrected chi connectivity index (χ0v) is 13.7. The van der Waals surface area contributed by atoms with E-state index in [2.05, 4.69) is 9.62 Å². The van der Waals surface area contributed by atoms with Gasteiger partial charge in [0.15, 0.2) is 0 Å². The molecule has 0 aliphatic carbocycles. The molecule has 1 saturated heterocycles. The van der Waals surface area contributed by atoms with Crippen molar-refractivity contribution < 1.29 is 13.2 Å². The molecule has 1 aliphatic rings. The maximum absolute atomic E-state index is 11.8. The Morgan fingerprint density at radius 3 is 2.24 bits per heavy atom. The predicted molar refractivity (Wildman–Crippen MR) is 86.4 cm³/mol. The smallest absolute Gasteiger partial charge is 0.235 e. The zero-order valence-electron chi connectivity index (χ0n) is 12.9. The van der Waals surface area contributed by atoms with Crippen molar-refractivity contribution in [3.63, 3.8) is 0 Å². The Bertz CT molecular complexity index is 547. The normalized spacial score (nSPS) is 17.2. The number of ether oxygens (including phenoxy) is 1. The standard InChI is InChI=1S/C15H24N2O3S/c1-12(2)21(18,19)16-13-4-6-14(7-5-13)17-10-8-15(20-3)9-11-17/h4-7,12,15-16H,8-11H2,1-3H3. The fourth-order valence-corrected chi connectivity index (χ4v) is 3.07. The third kappa shape index (κ3) is 4.11. The molecule has 0 atom stereocenters. The third-order valence-electron chi connectivity index (χ3n) is 3.89. The molecule has 0 unspecified atom stereocenters. The molecule has 1 aliphatic heterocycles. The van der Waals surface area contributed by atoms with Crippen LogP contribution in [0.1, 0.15) is 26.7 Å². The van der Waals surface area contributed by atoms with Gasteiger partial charge in [0.2, 0.25) is 10.0 Å². The summed E-state index contributed by atoms with van der Waals surface area (Å²) in [4.78, 5) is 2.30. The van der Waals surface area contributed by atoms with Gasteiger partial charge in [0.25, 0.3) is 0 Å². The first-order chi connectivity index (χ1) is 9.92. The number of benzene rings is 1. The van der Waals surface area contributed by atoms with E-state index >= 15 is 0 Å². The van der Waals surface area contributed by atoms with Gasteiger partial charge in [0.1, 0.15) is 0 Å². The summed E-state index contributed by atoms with van der Waals surface area (Å²) >= 11 is 0. The van der Waals surface area contributed by atoms with E-state index < -0.39 is 15.3 Å². The van der Waals surface area contributed by atoms with Crippen molar-refractivity contribution in [1.82, 2.24) is 0 Å². The van der Waals surface area contributed by atoms with Crippen LogP contribution in [0.5, 0.6) is 0 Å². The highest BCUT2D eigenvalue weighted by Crippen LogP contribution is 2.23. The summed E-state index contributed by atoms with van der Waals surface area (Å²) in [5.41, 5.74) is 1.73. The first-order valence-electron chi connectivity index (χ1n) is 7.32. The predicted octanol–water partition coefficient (Wildman–Crippen LogP) is 2.45. The molecule has 2 rings (SSSR count). The Balaban J connectivity index is 2.00. The van der Waals surface area contributed by atoms with Crippen molar-refractivity contribution in [3.8, 4) is 0 Å². The molecule has 1 heterocycles. The molecular formula is C15H24N2O3S. The minimum atomic E-state index is -3.28. The van der Waals surface area contributed by atoms with Crippen LogP contribution >= 0.6 is 0 Å². The lowest BCUT2D eigenvalue weighted by Crippen LogP contribution is -2.36. The van der Waals surface area contributed by atoms with E-state index in [1.54, 1.807) is 21.0 Å². The van der Waals surface area contributed by atoms with Crippen LogP contribution in [-0.4, -0.2) is 40.0 Å². The maximum atomic E-state index is 11.8. The van der Waals surface area contributed by atoms with Gasteiger partial charge in [-0.1, -0.05) is 0 Å². The Hall–Kier alpha value is -1.27. The van der Waals surface area contributed by atoms with E-state index in [0.29, 0.717) is 11.8 Å². The first-order valence-corrected chi connectivity index (χ1v) is 8.86. The fraction of sp³-hybridized carbons (Fsp3) is 0.600. The first kappa shape index (κ1) is 16.1. The summed E-state index contributed by atoms with van der Waals surface area (Å²) in [5, 5.41) is -0.440. The Morgan fingerprint density at radius 1 is 1.19 bits per heavy atom. The third-order valence-corrected chi connectivity index (χ3v) is 5.65. The number of nitrogens with zero attached hydrogens (tertiary/aromatic N) is 1. The quantitative estimate of drug-likeness (QED) is 0.907. The Kier molecular flexibility index (Phi) is 5.11. The van der Waals surface area contributed by atoms with Gasteiger partial charge < -0.3 is 9.64 Å². The van der Waals surface area contributed by atoms with Crippen molar-refractivity contribution in [2.45, 2.75) is 38.0 Å². The highest BCUT2D eigenvalue weighted by molar-refractivity contribution is 7.93. The largest absolute Gasteiger partial charge is 0.381 e. The molecule has 0 radical (unpaired) electrons. The van der Waals surface area contributed by atoms with E-state index in [1.165, 1.54) is 0 Å². The van der Waals surface area contributed by atoms with Gasteiger partial charge in [-0.15, -0.1) is 0 Å². The van der Waals surface area contributed by atoms with Gasteiger partial charge in [-0.3, -0.25) is 4.72 Å². The summed E-state index contributed by atoms with van der Waals surface area (Å²) in [5.74, 6) is 0. The van der Waals surface area contributed by atoms with Crippen LogP contribution in [-0.2, 0) is 14.8 Å². The van der Waals surface area contributed by atoms with Crippen LogP contribution in [0, 0.1) is 0 Å². The Labute approximate surface area is 127 Å². The molecule has 118 valence electrons. The SMILES string of the molecule is COC1CCN(c2ccc(NS(=O)(=O)C(C)C)cc2)CC1. The summed E-state index contributed by atoms with van der Waals surface area (Å²) in [6.07, 6.45) is 2.41. The summed E-state index contributed by atoms with van der Waals surface area (Å²) in [7, 11) is -1.52. The lowest BCUT2D eigenvalue weighted by molar-refractivity contribution is 0.0819. The van der Waals surface area contributed by atoms with Gasteiger partial charge in [-0.25, -0.2) is 8.42 Å². The number of rotatable bonds is 5. The van der Waals surface area contributed by atoms with E-state index in [1.807, 2.05) is 24.3 Å². The lowest BCUT2D eigenvalue weighted by Gasteiger charge is -2.33. The molecule has 1 fully saturated rings. The van der Waals surface area contributed by atoms with Crippen molar-refractivity contribution in [2.24, 2.45) is 0 Å². The molecule has 1 aromatic carbocycles. The molecule has 0 aromatic heterocycles. The number of sulfonamides is 1. The Morgan fingerprint density at radius 2 is 1.76 bits per heavy atom. The minimum absolute atomic E-state index is 0.360. The van der Waals surface area contributed by atoms with Crippen molar-refractivity contribution >= 4 is 21.4 Å². The molecule has 0 amide bonds. The number of hydrogen-bond acceptors (Lipinski definition) is 4. The van der Waals surface area contributed by atoms with Gasteiger partial charge in [0.05, 0.1) is 11.4 Å². The molecular weight excluding hydrogens is 288 g/mol. The number of piperidine rings is 1. The van der Waals surface area contributed by atoms with Gasteiger partial charge in [-0.2, -0.15) is 0 Å². The van der Waals surface area contributed by atoms with Crippen molar-refractivity contribution in [1.29, 1.82) is 0 Å². The van der Waals surface area contributed by atoms with Crippen LogP contribution in [0.2, 0.25) is 0 Å². The van der Waals surface area contributed by atoms with Crippen LogP contribution < -0.4 is 9.62 Å². The summed E-state index contributed by atoms with van der Waals surface area (Å²) in [6.45, 7) is 5.26. The van der Waals surface area contributed by atoms with Crippen molar-refractivity contribution in [2.75, 3.05) is 29.8 Å². The second-order valence-electron chi connectivity index (χ2n) is 5.66. The van der Waals surface area contributed by atoms with Crippen molar-refractivity contribution in [3.05, 3.63) is 24.3 Å². The molecule has 1 aromatic rings. The average molecular weight is 312 g/mol. The van der Waals surface area contributed by atoms with Gasteiger partial charge >= 0.3 is 0 Å². The average Bonchev–Trinajstić information content (AvgIpc) is 2.48. The van der Waals surface area contributed by atoms with Crippen LogP contribution in [0.4, 0.5) is 11.4 Å². The lowest BCUT2D eigenvalue weighted by atomic mass is 10.1.